The number of carbonyl (C=O) groups is 1. The number of hydrogen-bond donors (Lipinski definition) is 1. The molecule has 0 fully saturated rings. The van der Waals surface area contributed by atoms with Crippen LogP contribution >= 0.6 is 11.3 Å². The highest BCUT2D eigenvalue weighted by atomic mass is 32.1. The van der Waals surface area contributed by atoms with Gasteiger partial charge in [-0.1, -0.05) is 17.6 Å². The van der Waals surface area contributed by atoms with Crippen molar-refractivity contribution in [2.24, 2.45) is 0 Å². The molecule has 0 saturated heterocycles. The van der Waals surface area contributed by atoms with Crippen molar-refractivity contribution in [3.63, 3.8) is 0 Å². The van der Waals surface area contributed by atoms with E-state index in [1.165, 1.54) is 0 Å². The number of nitrogens with zero attached hydrogens (tertiary/aromatic N) is 3. The number of aromatic nitrogens is 2. The summed E-state index contributed by atoms with van der Waals surface area (Å²) >= 11 is 1.59. The molecule has 1 amide bonds. The first-order valence-electron chi connectivity index (χ1n) is 8.41. The highest BCUT2D eigenvalue weighted by molar-refractivity contribution is 7.13. The van der Waals surface area contributed by atoms with Gasteiger partial charge in [-0.3, -0.25) is 4.79 Å². The quantitative estimate of drug-likeness (QED) is 0.612. The Balaban J connectivity index is 1.33. The van der Waals surface area contributed by atoms with E-state index < -0.39 is 0 Å². The van der Waals surface area contributed by atoms with Crippen LogP contribution in [0.2, 0.25) is 0 Å². The number of rotatable bonds is 8. The van der Waals surface area contributed by atoms with Gasteiger partial charge >= 0.3 is 0 Å². The van der Waals surface area contributed by atoms with Crippen molar-refractivity contribution in [1.29, 1.82) is 5.26 Å². The number of hydrogen-bond acceptors (Lipinski definition) is 6. The molecule has 3 rings (SSSR count). The van der Waals surface area contributed by atoms with Crippen molar-refractivity contribution in [1.82, 2.24) is 15.5 Å². The van der Waals surface area contributed by atoms with Gasteiger partial charge in [0, 0.05) is 18.5 Å². The lowest BCUT2D eigenvalue weighted by atomic mass is 10.1. The molecule has 0 bridgehead atoms. The molecule has 0 atom stereocenters. The lowest BCUT2D eigenvalue weighted by Gasteiger charge is -2.05. The molecule has 0 spiro atoms. The molecule has 0 aliphatic heterocycles. The molecule has 0 aliphatic carbocycles. The van der Waals surface area contributed by atoms with Crippen molar-refractivity contribution < 1.29 is 9.32 Å². The summed E-state index contributed by atoms with van der Waals surface area (Å²) in [7, 11) is 0. The highest BCUT2D eigenvalue weighted by Crippen LogP contribution is 2.21. The molecule has 2 heterocycles. The van der Waals surface area contributed by atoms with Crippen LogP contribution in [0.4, 0.5) is 0 Å². The maximum absolute atomic E-state index is 12.0. The number of unbranched alkanes of at least 4 members (excludes halogenated alkanes) is 2. The summed E-state index contributed by atoms with van der Waals surface area (Å²) in [4.78, 5) is 17.4. The number of amides is 1. The zero-order chi connectivity index (χ0) is 18.2. The number of aryl methyl sites for hydroxylation is 1. The Labute approximate surface area is 155 Å². The number of nitriles is 1. The molecule has 0 aliphatic rings. The zero-order valence-corrected chi connectivity index (χ0v) is 15.0. The van der Waals surface area contributed by atoms with Gasteiger partial charge in [-0.15, -0.1) is 11.3 Å². The van der Waals surface area contributed by atoms with Gasteiger partial charge in [-0.25, -0.2) is 0 Å². The molecule has 0 saturated carbocycles. The predicted molar refractivity (Wildman–Crippen MR) is 98.7 cm³/mol. The van der Waals surface area contributed by atoms with Crippen molar-refractivity contribution >= 4 is 17.2 Å². The van der Waals surface area contributed by atoms with Crippen LogP contribution in [0.15, 0.2) is 46.3 Å². The maximum Gasteiger partial charge on any atom is 0.251 e. The number of nitrogens with one attached hydrogen (secondary N) is 1. The Morgan fingerprint density at radius 1 is 1.19 bits per heavy atom. The lowest BCUT2D eigenvalue weighted by molar-refractivity contribution is 0.0953. The summed E-state index contributed by atoms with van der Waals surface area (Å²) in [6, 6.07) is 12.6. The van der Waals surface area contributed by atoms with Crippen LogP contribution in [-0.2, 0) is 6.42 Å². The normalized spacial score (nSPS) is 10.4. The minimum atomic E-state index is -0.119. The molecule has 2 aromatic heterocycles. The Bertz CT molecular complexity index is 879. The van der Waals surface area contributed by atoms with Gasteiger partial charge in [0.25, 0.3) is 5.91 Å². The third-order valence-electron chi connectivity index (χ3n) is 3.84. The zero-order valence-electron chi connectivity index (χ0n) is 14.1. The lowest BCUT2D eigenvalue weighted by Crippen LogP contribution is -2.24. The molecular weight excluding hydrogens is 348 g/mol. The van der Waals surface area contributed by atoms with E-state index in [0.717, 1.165) is 30.6 Å². The van der Waals surface area contributed by atoms with Crippen molar-refractivity contribution in [3.05, 3.63) is 58.8 Å². The second-order valence-corrected chi connectivity index (χ2v) is 6.69. The first-order valence-corrected chi connectivity index (χ1v) is 9.29. The van der Waals surface area contributed by atoms with E-state index in [-0.39, 0.29) is 5.91 Å². The molecule has 0 radical (unpaired) electrons. The van der Waals surface area contributed by atoms with E-state index in [1.54, 1.807) is 35.6 Å². The van der Waals surface area contributed by atoms with Crippen molar-refractivity contribution in [3.8, 4) is 16.8 Å². The molecule has 26 heavy (non-hydrogen) atoms. The molecule has 0 unspecified atom stereocenters. The van der Waals surface area contributed by atoms with E-state index in [0.29, 0.717) is 29.4 Å². The van der Waals surface area contributed by atoms with Gasteiger partial charge in [-0.2, -0.15) is 10.2 Å². The molecule has 3 aromatic rings. The Morgan fingerprint density at radius 2 is 2.04 bits per heavy atom. The van der Waals surface area contributed by atoms with E-state index in [2.05, 4.69) is 15.5 Å². The summed E-state index contributed by atoms with van der Waals surface area (Å²) < 4.78 is 5.26. The van der Waals surface area contributed by atoms with Crippen LogP contribution in [0.25, 0.3) is 10.7 Å². The summed E-state index contributed by atoms with van der Waals surface area (Å²) in [6.45, 7) is 0.614. The summed E-state index contributed by atoms with van der Waals surface area (Å²) in [5.41, 5.74) is 1.11. The molecule has 1 N–H and O–H groups in total. The number of thiophene rings is 1. The second-order valence-electron chi connectivity index (χ2n) is 5.74. The fraction of sp³-hybridized carbons (Fsp3) is 0.263. The average molecular weight is 366 g/mol. The summed E-state index contributed by atoms with van der Waals surface area (Å²) in [6.07, 6.45) is 3.51. The van der Waals surface area contributed by atoms with E-state index in [4.69, 9.17) is 9.78 Å². The van der Waals surface area contributed by atoms with Crippen molar-refractivity contribution in [2.45, 2.75) is 25.7 Å². The van der Waals surface area contributed by atoms with Crippen LogP contribution in [0.3, 0.4) is 0 Å². The van der Waals surface area contributed by atoms with Gasteiger partial charge in [0.15, 0.2) is 0 Å². The molecule has 7 heteroatoms. The Morgan fingerprint density at radius 3 is 2.77 bits per heavy atom. The van der Waals surface area contributed by atoms with Gasteiger partial charge in [0.1, 0.15) is 0 Å². The largest absolute Gasteiger partial charge is 0.352 e. The fourth-order valence-electron chi connectivity index (χ4n) is 2.44. The minimum absolute atomic E-state index is 0.119. The number of benzene rings is 1. The second kappa shape index (κ2) is 8.92. The topological polar surface area (TPSA) is 91.8 Å². The standard InChI is InChI=1S/C19H18N4O2S/c20-13-14-7-9-15(10-8-14)19(24)21-11-3-1-2-6-17-22-18(23-25-17)16-5-4-12-26-16/h4-5,7-10,12H,1-3,6,11H2,(H,21,24). The third kappa shape index (κ3) is 4.77. The van der Waals surface area contributed by atoms with Crippen LogP contribution in [0, 0.1) is 11.3 Å². The average Bonchev–Trinajstić information content (AvgIpc) is 3.36. The van der Waals surface area contributed by atoms with Crippen LogP contribution in [0.1, 0.15) is 41.1 Å². The summed E-state index contributed by atoms with van der Waals surface area (Å²) in [5.74, 6) is 1.17. The highest BCUT2D eigenvalue weighted by Gasteiger charge is 2.09. The van der Waals surface area contributed by atoms with Gasteiger partial charge < -0.3 is 9.84 Å². The Hall–Kier alpha value is -2.98. The fourth-order valence-corrected chi connectivity index (χ4v) is 3.09. The third-order valence-corrected chi connectivity index (χ3v) is 4.70. The van der Waals surface area contributed by atoms with Crippen LogP contribution in [-0.4, -0.2) is 22.6 Å². The van der Waals surface area contributed by atoms with E-state index in [1.807, 2.05) is 23.6 Å². The van der Waals surface area contributed by atoms with Crippen LogP contribution < -0.4 is 5.32 Å². The van der Waals surface area contributed by atoms with Gasteiger partial charge in [0.05, 0.1) is 16.5 Å². The van der Waals surface area contributed by atoms with Crippen molar-refractivity contribution in [2.75, 3.05) is 6.54 Å². The molecule has 6 nitrogen and oxygen atoms in total. The van der Waals surface area contributed by atoms with Crippen LogP contribution in [0.5, 0.6) is 0 Å². The molecular formula is C19H18N4O2S. The smallest absolute Gasteiger partial charge is 0.251 e. The Kier molecular flexibility index (Phi) is 6.12. The molecule has 132 valence electrons. The maximum atomic E-state index is 12.0. The first kappa shape index (κ1) is 17.8. The monoisotopic (exact) mass is 366 g/mol. The predicted octanol–water partition coefficient (Wildman–Crippen LogP) is 3.81. The first-order chi connectivity index (χ1) is 12.8. The minimum Gasteiger partial charge on any atom is -0.352 e. The van der Waals surface area contributed by atoms with Gasteiger partial charge in [-0.05, 0) is 48.6 Å². The van der Waals surface area contributed by atoms with Gasteiger partial charge in [0.2, 0.25) is 11.7 Å². The number of carbonyl (C=O) groups excluding carboxylic acids is 1. The van der Waals surface area contributed by atoms with E-state index >= 15 is 0 Å². The molecule has 1 aromatic carbocycles. The summed E-state index contributed by atoms with van der Waals surface area (Å²) in [5, 5.41) is 17.6. The SMILES string of the molecule is N#Cc1ccc(C(=O)NCCCCCc2nc(-c3cccs3)no2)cc1. The van der Waals surface area contributed by atoms with E-state index in [9.17, 15) is 4.79 Å².